The quantitative estimate of drug-likeness (QED) is 0.336. The molecule has 1 aliphatic heterocycles. The number of fused-ring (bicyclic) bond motifs is 1. The van der Waals surface area contributed by atoms with Crippen LogP contribution in [0.4, 0.5) is 11.4 Å². The molecule has 34 heavy (non-hydrogen) atoms. The van der Waals surface area contributed by atoms with E-state index in [0.29, 0.717) is 48.7 Å². The predicted octanol–water partition coefficient (Wildman–Crippen LogP) is 1.30. The zero-order valence-corrected chi connectivity index (χ0v) is 18.3. The number of benzene rings is 2. The average Bonchev–Trinajstić information content (AvgIpc) is 3.17. The van der Waals surface area contributed by atoms with E-state index in [1.54, 1.807) is 24.3 Å². The van der Waals surface area contributed by atoms with E-state index in [0.717, 1.165) is 15.8 Å². The van der Waals surface area contributed by atoms with Gasteiger partial charge in [0.15, 0.2) is 0 Å². The molecular weight excluding hydrogens is 440 g/mol. The summed E-state index contributed by atoms with van der Waals surface area (Å²) in [6, 6.07) is 10.5. The van der Waals surface area contributed by atoms with Crippen LogP contribution in [-0.2, 0) is 4.74 Å². The third-order valence-corrected chi connectivity index (χ3v) is 5.68. The molecule has 174 valence electrons. The summed E-state index contributed by atoms with van der Waals surface area (Å²) in [7, 11) is 0. The summed E-state index contributed by atoms with van der Waals surface area (Å²) in [4.78, 5) is 51.0. The number of aromatic nitrogens is 4. The molecule has 0 amide bonds. The van der Waals surface area contributed by atoms with E-state index >= 15 is 0 Å². The topological polar surface area (TPSA) is 149 Å². The molecule has 1 saturated heterocycles. The maximum Gasteiger partial charge on any atom is 0.335 e. The summed E-state index contributed by atoms with van der Waals surface area (Å²) in [6.07, 6.45) is 1.22. The van der Waals surface area contributed by atoms with Gasteiger partial charge in [-0.25, -0.2) is 14.2 Å². The Morgan fingerprint density at radius 3 is 2.50 bits per heavy atom. The van der Waals surface area contributed by atoms with Crippen LogP contribution in [-0.4, -0.2) is 57.1 Å². The summed E-state index contributed by atoms with van der Waals surface area (Å²) in [5.41, 5.74) is 1.66. The third kappa shape index (κ3) is 3.92. The minimum absolute atomic E-state index is 0.170. The molecule has 11 nitrogen and oxygen atoms in total. The lowest BCUT2D eigenvalue weighted by Crippen LogP contribution is -2.36. The molecule has 0 atom stereocenters. The first-order chi connectivity index (χ1) is 16.4. The lowest BCUT2D eigenvalue weighted by Gasteiger charge is -2.29. The van der Waals surface area contributed by atoms with Crippen molar-refractivity contribution >= 4 is 28.6 Å². The summed E-state index contributed by atoms with van der Waals surface area (Å²) < 4.78 is 6.45. The standard InChI is InChI=1S/C23H22N6O5/c1-13-3-2-4-14(9-13)29-21(31)15(20(30)27-23(29)33)12-24-18-10-16-17(26-22(32)25-16)11-19(18)28-5-7-34-8-6-28/h2-4,9-12,31H,5-8H2,1H3,(H2,25,26,32)(H,27,30,33). The average molecular weight is 462 g/mol. The van der Waals surface area contributed by atoms with Crippen molar-refractivity contribution in [2.45, 2.75) is 6.92 Å². The van der Waals surface area contributed by atoms with Gasteiger partial charge in [0.2, 0.25) is 5.88 Å². The van der Waals surface area contributed by atoms with Gasteiger partial charge in [0.05, 0.1) is 41.3 Å². The van der Waals surface area contributed by atoms with Gasteiger partial charge in [0.25, 0.3) is 5.56 Å². The molecule has 1 fully saturated rings. The number of hydrogen-bond donors (Lipinski definition) is 4. The van der Waals surface area contributed by atoms with Gasteiger partial charge in [-0.05, 0) is 36.8 Å². The molecule has 3 heterocycles. The molecule has 2 aromatic carbocycles. The van der Waals surface area contributed by atoms with Crippen molar-refractivity contribution in [3.8, 4) is 11.6 Å². The maximum absolute atomic E-state index is 12.5. The summed E-state index contributed by atoms with van der Waals surface area (Å²) in [5, 5.41) is 10.8. The number of aliphatic imine (C=N–C) groups is 1. The number of nitrogens with one attached hydrogen (secondary N) is 3. The van der Waals surface area contributed by atoms with Gasteiger partial charge in [-0.2, -0.15) is 0 Å². The molecule has 5 rings (SSSR count). The van der Waals surface area contributed by atoms with Gasteiger partial charge in [0, 0.05) is 19.3 Å². The van der Waals surface area contributed by atoms with Gasteiger partial charge >= 0.3 is 11.4 Å². The summed E-state index contributed by atoms with van der Waals surface area (Å²) >= 11 is 0. The Kier molecular flexibility index (Phi) is 5.38. The number of rotatable bonds is 4. The highest BCUT2D eigenvalue weighted by Crippen LogP contribution is 2.33. The Balaban J connectivity index is 1.64. The van der Waals surface area contributed by atoms with E-state index in [1.165, 1.54) is 6.21 Å². The van der Waals surface area contributed by atoms with Crippen LogP contribution in [0, 0.1) is 6.92 Å². The van der Waals surface area contributed by atoms with E-state index in [1.807, 2.05) is 19.1 Å². The van der Waals surface area contributed by atoms with Crippen LogP contribution in [0.15, 0.2) is 55.8 Å². The van der Waals surface area contributed by atoms with Gasteiger partial charge in [-0.3, -0.25) is 14.8 Å². The lowest BCUT2D eigenvalue weighted by atomic mass is 10.2. The molecule has 0 saturated carbocycles. The SMILES string of the molecule is Cc1cccc(-n2c(O)c(C=Nc3cc4[nH]c(=O)[nH]c4cc3N3CCOCC3)c(=O)[nH]c2=O)c1. The minimum atomic E-state index is -0.765. The van der Waals surface area contributed by atoms with E-state index in [2.05, 4.69) is 24.8 Å². The molecule has 0 aliphatic carbocycles. The molecular formula is C23H22N6O5. The zero-order chi connectivity index (χ0) is 23.8. The van der Waals surface area contributed by atoms with Crippen LogP contribution in [0.2, 0.25) is 0 Å². The Bertz CT molecular complexity index is 1590. The second-order valence-electron chi connectivity index (χ2n) is 7.99. The number of anilines is 1. The first-order valence-electron chi connectivity index (χ1n) is 10.7. The summed E-state index contributed by atoms with van der Waals surface area (Å²) in [5.74, 6) is -0.521. The number of imidazole rings is 1. The van der Waals surface area contributed by atoms with Crippen molar-refractivity contribution in [2.75, 3.05) is 31.2 Å². The van der Waals surface area contributed by atoms with Gasteiger partial charge in [-0.1, -0.05) is 12.1 Å². The first kappa shape index (κ1) is 21.5. The molecule has 2 aromatic heterocycles. The number of morpholine rings is 1. The normalized spacial score (nSPS) is 14.3. The molecule has 1 aliphatic rings. The monoisotopic (exact) mass is 462 g/mol. The number of hydrogen-bond acceptors (Lipinski definition) is 7. The van der Waals surface area contributed by atoms with Crippen LogP contribution in [0.1, 0.15) is 11.1 Å². The fourth-order valence-electron chi connectivity index (χ4n) is 4.02. The number of aryl methyl sites for hydroxylation is 1. The van der Waals surface area contributed by atoms with Crippen molar-refractivity contribution in [1.82, 2.24) is 19.5 Å². The van der Waals surface area contributed by atoms with Crippen LogP contribution in [0.5, 0.6) is 5.88 Å². The Hall–Kier alpha value is -4.38. The Labute approximate surface area is 192 Å². The number of aromatic hydroxyl groups is 1. The molecule has 4 N–H and O–H groups in total. The Morgan fingerprint density at radius 1 is 1.03 bits per heavy atom. The van der Waals surface area contributed by atoms with E-state index in [-0.39, 0.29) is 11.3 Å². The maximum atomic E-state index is 12.5. The molecule has 0 bridgehead atoms. The number of ether oxygens (including phenoxy) is 1. The second-order valence-corrected chi connectivity index (χ2v) is 7.99. The highest BCUT2D eigenvalue weighted by molar-refractivity contribution is 5.91. The van der Waals surface area contributed by atoms with Gasteiger partial charge < -0.3 is 24.7 Å². The van der Waals surface area contributed by atoms with E-state index < -0.39 is 17.1 Å². The first-order valence-corrected chi connectivity index (χ1v) is 10.7. The van der Waals surface area contributed by atoms with E-state index in [4.69, 9.17) is 4.74 Å². The van der Waals surface area contributed by atoms with Gasteiger partial charge in [-0.15, -0.1) is 0 Å². The largest absolute Gasteiger partial charge is 0.493 e. The highest BCUT2D eigenvalue weighted by atomic mass is 16.5. The fourth-order valence-corrected chi connectivity index (χ4v) is 4.02. The lowest BCUT2D eigenvalue weighted by molar-refractivity contribution is 0.123. The zero-order valence-electron chi connectivity index (χ0n) is 18.3. The minimum Gasteiger partial charge on any atom is -0.493 e. The van der Waals surface area contributed by atoms with Crippen molar-refractivity contribution < 1.29 is 9.84 Å². The molecule has 11 heteroatoms. The summed E-state index contributed by atoms with van der Waals surface area (Å²) in [6.45, 7) is 4.22. The van der Waals surface area contributed by atoms with Crippen LogP contribution < -0.4 is 21.8 Å². The van der Waals surface area contributed by atoms with Gasteiger partial charge in [0.1, 0.15) is 5.56 Å². The predicted molar refractivity (Wildman–Crippen MR) is 128 cm³/mol. The second kappa shape index (κ2) is 8.52. The van der Waals surface area contributed by atoms with Crippen molar-refractivity contribution in [2.24, 2.45) is 4.99 Å². The van der Waals surface area contributed by atoms with Crippen LogP contribution in [0.3, 0.4) is 0 Å². The van der Waals surface area contributed by atoms with Crippen molar-refractivity contribution in [3.63, 3.8) is 0 Å². The number of H-pyrrole nitrogens is 3. The molecule has 0 spiro atoms. The smallest absolute Gasteiger partial charge is 0.335 e. The number of nitrogens with zero attached hydrogens (tertiary/aromatic N) is 3. The molecule has 0 unspecified atom stereocenters. The number of aromatic amines is 3. The van der Waals surface area contributed by atoms with E-state index in [9.17, 15) is 19.5 Å². The molecule has 4 aromatic rings. The third-order valence-electron chi connectivity index (χ3n) is 5.68. The van der Waals surface area contributed by atoms with Crippen molar-refractivity contribution in [1.29, 1.82) is 0 Å². The Morgan fingerprint density at radius 2 is 1.76 bits per heavy atom. The molecule has 0 radical (unpaired) electrons. The van der Waals surface area contributed by atoms with Crippen molar-refractivity contribution in [3.05, 3.63) is 78.8 Å². The van der Waals surface area contributed by atoms with Crippen LogP contribution in [0.25, 0.3) is 16.7 Å². The fraction of sp³-hybridized carbons (Fsp3) is 0.217. The highest BCUT2D eigenvalue weighted by Gasteiger charge is 2.18. The van der Waals surface area contributed by atoms with Crippen LogP contribution >= 0.6 is 0 Å².